The predicted octanol–water partition coefficient (Wildman–Crippen LogP) is 8.75. The summed E-state index contributed by atoms with van der Waals surface area (Å²) in [4.78, 5) is 2.85. The monoisotopic (exact) mass is 554 g/mol. The summed E-state index contributed by atoms with van der Waals surface area (Å²) in [5.41, 5.74) is 3.01. The van der Waals surface area contributed by atoms with E-state index in [1.54, 1.807) is 12.1 Å². The highest BCUT2D eigenvalue weighted by atomic mass is 32.2. The lowest BCUT2D eigenvalue weighted by atomic mass is 9.44. The Bertz CT molecular complexity index is 1140. The van der Waals surface area contributed by atoms with E-state index < -0.39 is 10.0 Å². The average molecular weight is 555 g/mol. The molecular weight excluding hydrogens is 500 g/mol. The van der Waals surface area contributed by atoms with E-state index in [1.807, 2.05) is 19.1 Å². The van der Waals surface area contributed by atoms with Crippen LogP contribution in [0.4, 0.5) is 0 Å². The van der Waals surface area contributed by atoms with Crippen molar-refractivity contribution in [1.29, 1.82) is 0 Å². The van der Waals surface area contributed by atoms with E-state index in [-0.39, 0.29) is 4.90 Å². The number of sulfonamides is 1. The Morgan fingerprint density at radius 2 is 1.64 bits per heavy atom. The van der Waals surface area contributed by atoms with Crippen LogP contribution in [0.5, 0.6) is 0 Å². The van der Waals surface area contributed by atoms with E-state index in [9.17, 15) is 8.42 Å². The van der Waals surface area contributed by atoms with Crippen molar-refractivity contribution in [2.24, 2.45) is 57.4 Å². The molecule has 4 aliphatic rings. The van der Waals surface area contributed by atoms with Gasteiger partial charge in [-0.1, -0.05) is 71.6 Å². The summed E-state index contributed by atoms with van der Waals surface area (Å²) in [5, 5.41) is 4.49. The summed E-state index contributed by atoms with van der Waals surface area (Å²) in [5.74, 6) is 5.85. The number of aryl methyl sites for hydroxylation is 1. The molecule has 4 saturated carbocycles. The summed E-state index contributed by atoms with van der Waals surface area (Å²) in [6.45, 7) is 14.5. The Kier molecular flexibility index (Phi) is 8.32. The molecule has 0 bridgehead atoms. The number of rotatable bonds is 8. The van der Waals surface area contributed by atoms with Gasteiger partial charge in [-0.25, -0.2) is 4.83 Å². The van der Waals surface area contributed by atoms with Gasteiger partial charge in [0.1, 0.15) is 0 Å². The second-order valence-corrected chi connectivity index (χ2v) is 16.6. The molecule has 0 radical (unpaired) electrons. The summed E-state index contributed by atoms with van der Waals surface area (Å²) >= 11 is 0. The summed E-state index contributed by atoms with van der Waals surface area (Å²) in [7, 11) is -3.62. The van der Waals surface area contributed by atoms with Crippen LogP contribution in [0.3, 0.4) is 0 Å². The third-order valence-electron chi connectivity index (χ3n) is 12.4. The molecule has 0 aliphatic heterocycles. The van der Waals surface area contributed by atoms with Crippen molar-refractivity contribution in [1.82, 2.24) is 4.83 Å². The molecule has 0 saturated heterocycles. The van der Waals surface area contributed by atoms with Gasteiger partial charge in [0, 0.05) is 5.71 Å². The molecule has 1 aromatic rings. The topological polar surface area (TPSA) is 58.5 Å². The van der Waals surface area contributed by atoms with E-state index >= 15 is 0 Å². The van der Waals surface area contributed by atoms with Gasteiger partial charge >= 0.3 is 0 Å². The van der Waals surface area contributed by atoms with Gasteiger partial charge < -0.3 is 0 Å². The molecule has 218 valence electrons. The molecule has 0 amide bonds. The average Bonchev–Trinajstić information content (AvgIpc) is 3.25. The number of nitrogens with zero attached hydrogens (tertiary/aromatic N) is 1. The Labute approximate surface area is 239 Å². The van der Waals surface area contributed by atoms with E-state index in [1.165, 1.54) is 57.8 Å². The van der Waals surface area contributed by atoms with Crippen molar-refractivity contribution in [2.45, 2.75) is 123 Å². The minimum atomic E-state index is -3.62. The quantitative estimate of drug-likeness (QED) is 0.327. The van der Waals surface area contributed by atoms with Gasteiger partial charge in [-0.05, 0) is 129 Å². The van der Waals surface area contributed by atoms with Crippen LogP contribution in [0.2, 0.25) is 0 Å². The Hall–Kier alpha value is -1.36. The van der Waals surface area contributed by atoms with Gasteiger partial charge in [-0.3, -0.25) is 0 Å². The number of hydrazone groups is 1. The number of nitrogens with one attached hydrogen (secondary N) is 1. The van der Waals surface area contributed by atoms with Crippen LogP contribution in [0.25, 0.3) is 0 Å². The van der Waals surface area contributed by atoms with Gasteiger partial charge in [0.05, 0.1) is 4.90 Å². The maximum Gasteiger partial charge on any atom is 0.276 e. The molecule has 0 aromatic heterocycles. The Morgan fingerprint density at radius 1 is 0.923 bits per heavy atom. The predicted molar refractivity (Wildman–Crippen MR) is 162 cm³/mol. The molecule has 39 heavy (non-hydrogen) atoms. The number of benzene rings is 1. The SMILES string of the molecule is Cc1ccc(S(=O)(=O)N/N=C2/CC[C@@]3(C)[C@H](CC[C@H]4[C@@H]5CC[C@@H]([C@H](C)CCCC(C)C)[C@@]5(C)CC[C@@H]43)C2)cc1. The third kappa shape index (κ3) is 5.60. The fourth-order valence-electron chi connectivity index (χ4n) is 10.1. The molecule has 5 heteroatoms. The first-order valence-electron chi connectivity index (χ1n) is 16.1. The molecular formula is C34H54N2O2S. The maximum atomic E-state index is 12.8. The standard InChI is InChI=1S/C34H54N2O2S/c1-23(2)8-7-9-25(4)30-16-17-31-29-15-12-26-22-27(18-20-33(26,5)32(29)19-21-34(30,31)6)35-36-39(37,38)28-13-10-24(3)11-14-28/h10-11,13-14,23,25-26,29-32,36H,7-9,12,15-22H2,1-6H3/b35-27-/t25-,26-,29+,30+,31+,32+,33+,34-/m1/s1. The molecule has 1 N–H and O–H groups in total. The maximum absolute atomic E-state index is 12.8. The van der Waals surface area contributed by atoms with Gasteiger partial charge in [-0.2, -0.15) is 13.5 Å². The van der Waals surface area contributed by atoms with Crippen molar-refractivity contribution in [3.05, 3.63) is 29.8 Å². The number of fused-ring (bicyclic) bond motifs is 5. The van der Waals surface area contributed by atoms with Crippen LogP contribution in [-0.2, 0) is 10.0 Å². The smallest absolute Gasteiger partial charge is 0.200 e. The largest absolute Gasteiger partial charge is 0.276 e. The molecule has 8 atom stereocenters. The van der Waals surface area contributed by atoms with Crippen molar-refractivity contribution in [3.8, 4) is 0 Å². The van der Waals surface area contributed by atoms with Gasteiger partial charge in [0.15, 0.2) is 0 Å². The zero-order valence-corrected chi connectivity index (χ0v) is 26.3. The minimum Gasteiger partial charge on any atom is -0.200 e. The van der Waals surface area contributed by atoms with Crippen LogP contribution >= 0.6 is 0 Å². The molecule has 0 heterocycles. The second-order valence-electron chi connectivity index (χ2n) is 15.0. The Morgan fingerprint density at radius 3 is 2.36 bits per heavy atom. The highest BCUT2D eigenvalue weighted by Crippen LogP contribution is 2.68. The highest BCUT2D eigenvalue weighted by Gasteiger charge is 2.60. The molecule has 1 aromatic carbocycles. The zero-order chi connectivity index (χ0) is 28.0. The molecule has 0 unspecified atom stereocenters. The van der Waals surface area contributed by atoms with Crippen molar-refractivity contribution < 1.29 is 8.42 Å². The lowest BCUT2D eigenvalue weighted by Crippen LogP contribution is -2.53. The van der Waals surface area contributed by atoms with E-state index in [0.29, 0.717) is 16.7 Å². The van der Waals surface area contributed by atoms with E-state index in [2.05, 4.69) is 44.6 Å². The lowest BCUT2D eigenvalue weighted by molar-refractivity contribution is -0.105. The third-order valence-corrected chi connectivity index (χ3v) is 13.6. The van der Waals surface area contributed by atoms with Crippen LogP contribution in [-0.4, -0.2) is 14.1 Å². The minimum absolute atomic E-state index is 0.285. The zero-order valence-electron chi connectivity index (χ0n) is 25.5. The number of hydrogen-bond acceptors (Lipinski definition) is 3. The highest BCUT2D eigenvalue weighted by molar-refractivity contribution is 7.89. The van der Waals surface area contributed by atoms with E-state index in [0.717, 1.165) is 66.0 Å². The van der Waals surface area contributed by atoms with Crippen LogP contribution in [0, 0.1) is 59.2 Å². The molecule has 4 fully saturated rings. The summed E-state index contributed by atoms with van der Waals surface area (Å²) < 4.78 is 25.6. The first-order chi connectivity index (χ1) is 18.4. The fraction of sp³-hybridized carbons (Fsp3) is 0.794. The van der Waals surface area contributed by atoms with Crippen molar-refractivity contribution >= 4 is 15.7 Å². The van der Waals surface area contributed by atoms with Crippen LogP contribution in [0.1, 0.15) is 117 Å². The van der Waals surface area contributed by atoms with Gasteiger partial charge in [-0.15, -0.1) is 0 Å². The summed E-state index contributed by atoms with van der Waals surface area (Å²) in [6.07, 6.45) is 15.6. The van der Waals surface area contributed by atoms with Crippen LogP contribution in [0.15, 0.2) is 34.3 Å². The first kappa shape index (κ1) is 29.1. The van der Waals surface area contributed by atoms with Gasteiger partial charge in [0.2, 0.25) is 0 Å². The molecule has 4 aliphatic carbocycles. The molecule has 5 rings (SSSR count). The normalized spacial score (nSPS) is 38.2. The van der Waals surface area contributed by atoms with Crippen molar-refractivity contribution in [2.75, 3.05) is 0 Å². The lowest BCUT2D eigenvalue weighted by Gasteiger charge is -2.61. The van der Waals surface area contributed by atoms with E-state index in [4.69, 9.17) is 0 Å². The summed E-state index contributed by atoms with van der Waals surface area (Å²) in [6, 6.07) is 6.99. The Balaban J connectivity index is 1.23. The number of hydrogen-bond donors (Lipinski definition) is 1. The fourth-order valence-corrected chi connectivity index (χ4v) is 10.9. The second kappa shape index (κ2) is 11.1. The van der Waals surface area contributed by atoms with Gasteiger partial charge in [0.25, 0.3) is 10.0 Å². The van der Waals surface area contributed by atoms with Crippen LogP contribution < -0.4 is 4.83 Å². The molecule has 0 spiro atoms. The first-order valence-corrected chi connectivity index (χ1v) is 17.6. The van der Waals surface area contributed by atoms with Crippen molar-refractivity contribution in [3.63, 3.8) is 0 Å². The molecule has 4 nitrogen and oxygen atoms in total.